The van der Waals surface area contributed by atoms with Crippen LogP contribution in [0.1, 0.15) is 42.4 Å². The summed E-state index contributed by atoms with van der Waals surface area (Å²) in [5.74, 6) is -0.722. The van der Waals surface area contributed by atoms with Crippen LogP contribution in [-0.2, 0) is 46.4 Å². The summed E-state index contributed by atoms with van der Waals surface area (Å²) in [4.78, 5) is 37.0. The maximum absolute atomic E-state index is 13.4. The Labute approximate surface area is 242 Å². The summed E-state index contributed by atoms with van der Waals surface area (Å²) in [6.07, 6.45) is -2.61. The molecule has 0 aliphatic carbocycles. The van der Waals surface area contributed by atoms with Gasteiger partial charge in [-0.2, -0.15) is 18.2 Å². The molecule has 0 radical (unpaired) electrons. The van der Waals surface area contributed by atoms with E-state index >= 15 is 0 Å². The van der Waals surface area contributed by atoms with Gasteiger partial charge >= 0.3 is 18.1 Å². The standard InChI is InChI=1S/C27H28F3N7O4S/c1-4-5-18-13-19-22(36-10-11-37-21(14-36)34-35-25(37)27(28,29)30)32-26(33-23(19)42-18)31-20(24(39)40-3)12-16-6-8-17(9-7-16)41-15(2)38/h6-9,13,20H,4-5,10-12,14H2,1-3H3,(H,31,32,33). The molecule has 1 aromatic carbocycles. The van der Waals surface area contributed by atoms with Gasteiger partial charge in [0.2, 0.25) is 11.8 Å². The molecule has 0 fully saturated rings. The molecule has 1 N–H and O–H groups in total. The fraction of sp³-hybridized carbons (Fsp3) is 0.407. The number of nitrogens with zero attached hydrogens (tertiary/aromatic N) is 6. The van der Waals surface area contributed by atoms with E-state index in [4.69, 9.17) is 14.5 Å². The van der Waals surface area contributed by atoms with E-state index in [1.165, 1.54) is 25.4 Å². The number of rotatable bonds is 9. The number of aryl methyl sites for hydroxylation is 1. The number of carbonyl (C=O) groups excluding carboxylic acids is 2. The molecule has 42 heavy (non-hydrogen) atoms. The highest BCUT2D eigenvalue weighted by atomic mass is 32.1. The molecular formula is C27H28F3N7O4S. The molecule has 0 bridgehead atoms. The first-order chi connectivity index (χ1) is 20.0. The van der Waals surface area contributed by atoms with Crippen molar-refractivity contribution in [1.82, 2.24) is 24.7 Å². The number of methoxy groups -OCH3 is 1. The summed E-state index contributed by atoms with van der Waals surface area (Å²) in [5, 5.41) is 11.0. The Morgan fingerprint density at radius 3 is 2.57 bits per heavy atom. The predicted molar refractivity (Wildman–Crippen MR) is 148 cm³/mol. The first kappa shape index (κ1) is 29.2. The number of halogens is 3. The lowest BCUT2D eigenvalue weighted by atomic mass is 10.1. The van der Waals surface area contributed by atoms with Crippen molar-refractivity contribution in [2.24, 2.45) is 0 Å². The van der Waals surface area contributed by atoms with E-state index in [-0.39, 0.29) is 37.8 Å². The number of aromatic nitrogens is 5. The third kappa shape index (κ3) is 6.30. The average molecular weight is 604 g/mol. The van der Waals surface area contributed by atoms with Crippen molar-refractivity contribution in [1.29, 1.82) is 0 Å². The topological polar surface area (TPSA) is 124 Å². The smallest absolute Gasteiger partial charge is 0.451 e. The molecule has 0 amide bonds. The van der Waals surface area contributed by atoms with Crippen molar-refractivity contribution < 1.29 is 32.2 Å². The SMILES string of the molecule is CCCc1cc2c(N3CCn4c(nnc4C(F)(F)F)C3)nc(NC(Cc3ccc(OC(C)=O)cc3)C(=O)OC)nc2s1. The largest absolute Gasteiger partial charge is 0.467 e. The van der Waals surface area contributed by atoms with Gasteiger partial charge in [0.05, 0.1) is 19.0 Å². The lowest BCUT2D eigenvalue weighted by Crippen LogP contribution is -2.36. The number of hydrogen-bond donors (Lipinski definition) is 1. The Morgan fingerprint density at radius 2 is 1.90 bits per heavy atom. The number of thiophene rings is 1. The van der Waals surface area contributed by atoms with Crippen LogP contribution in [0.5, 0.6) is 5.75 Å². The van der Waals surface area contributed by atoms with E-state index in [1.807, 2.05) is 11.0 Å². The highest BCUT2D eigenvalue weighted by Gasteiger charge is 2.40. The molecule has 5 rings (SSSR count). The van der Waals surface area contributed by atoms with Crippen LogP contribution < -0.4 is 15.0 Å². The summed E-state index contributed by atoms with van der Waals surface area (Å²) < 4.78 is 51.3. The molecule has 4 heterocycles. The summed E-state index contributed by atoms with van der Waals surface area (Å²) in [6, 6.07) is 7.89. The summed E-state index contributed by atoms with van der Waals surface area (Å²) in [6.45, 7) is 3.73. The number of esters is 2. The van der Waals surface area contributed by atoms with E-state index in [9.17, 15) is 22.8 Å². The highest BCUT2D eigenvalue weighted by molar-refractivity contribution is 7.18. The summed E-state index contributed by atoms with van der Waals surface area (Å²) in [7, 11) is 1.28. The average Bonchev–Trinajstić information content (AvgIpc) is 3.56. The number of benzene rings is 1. The lowest BCUT2D eigenvalue weighted by Gasteiger charge is -2.29. The van der Waals surface area contributed by atoms with E-state index in [0.717, 1.165) is 33.2 Å². The number of nitrogens with one attached hydrogen (secondary N) is 1. The Hall–Kier alpha value is -4.27. The molecule has 1 aliphatic heterocycles. The Kier molecular flexibility index (Phi) is 8.29. The normalized spacial score (nSPS) is 14.0. The molecule has 1 unspecified atom stereocenters. The maximum Gasteiger partial charge on any atom is 0.451 e. The second kappa shape index (κ2) is 11.9. The summed E-state index contributed by atoms with van der Waals surface area (Å²) in [5.41, 5.74) is 0.771. The fourth-order valence-corrected chi connectivity index (χ4v) is 5.89. The predicted octanol–water partition coefficient (Wildman–Crippen LogP) is 4.40. The van der Waals surface area contributed by atoms with Gasteiger partial charge in [-0.05, 0) is 30.2 Å². The van der Waals surface area contributed by atoms with E-state index in [2.05, 4.69) is 27.4 Å². The number of anilines is 2. The molecule has 1 atom stereocenters. The van der Waals surface area contributed by atoms with Crippen LogP contribution >= 0.6 is 11.3 Å². The molecule has 3 aromatic heterocycles. The Balaban J connectivity index is 1.46. The minimum absolute atomic E-state index is 0.0332. The first-order valence-corrected chi connectivity index (χ1v) is 14.0. The number of carbonyl (C=O) groups is 2. The van der Waals surface area contributed by atoms with Crippen molar-refractivity contribution in [3.8, 4) is 5.75 Å². The zero-order chi connectivity index (χ0) is 30.0. The molecule has 222 valence electrons. The first-order valence-electron chi connectivity index (χ1n) is 13.2. The minimum atomic E-state index is -4.60. The van der Waals surface area contributed by atoms with Gasteiger partial charge < -0.3 is 24.3 Å². The molecule has 4 aromatic rings. The van der Waals surface area contributed by atoms with Crippen molar-refractivity contribution >= 4 is 45.3 Å². The number of fused-ring (bicyclic) bond motifs is 2. The lowest BCUT2D eigenvalue weighted by molar-refractivity contribution is -0.147. The van der Waals surface area contributed by atoms with Gasteiger partial charge in [0.25, 0.3) is 0 Å². The van der Waals surface area contributed by atoms with Gasteiger partial charge in [0, 0.05) is 31.3 Å². The fourth-order valence-electron chi connectivity index (χ4n) is 4.77. The molecule has 1 aliphatic rings. The van der Waals surface area contributed by atoms with Crippen LogP contribution in [0.3, 0.4) is 0 Å². The zero-order valence-electron chi connectivity index (χ0n) is 23.1. The van der Waals surface area contributed by atoms with Crippen molar-refractivity contribution in [3.63, 3.8) is 0 Å². The number of alkyl halides is 3. The maximum atomic E-state index is 13.4. The monoisotopic (exact) mass is 603 g/mol. The van der Waals surface area contributed by atoms with Gasteiger partial charge in [-0.25, -0.2) is 9.78 Å². The Bertz CT molecular complexity index is 1600. The number of ether oxygens (including phenoxy) is 2. The molecule has 15 heteroatoms. The minimum Gasteiger partial charge on any atom is -0.467 e. The third-order valence-corrected chi connectivity index (χ3v) is 7.73. The second-order valence-electron chi connectivity index (χ2n) is 9.72. The Morgan fingerprint density at radius 1 is 1.14 bits per heavy atom. The molecule has 0 spiro atoms. The van der Waals surface area contributed by atoms with Gasteiger partial charge in [-0.1, -0.05) is 25.5 Å². The van der Waals surface area contributed by atoms with E-state index in [1.54, 1.807) is 24.3 Å². The van der Waals surface area contributed by atoms with E-state index < -0.39 is 30.0 Å². The third-order valence-electron chi connectivity index (χ3n) is 6.64. The van der Waals surface area contributed by atoms with Crippen LogP contribution in [0.25, 0.3) is 10.2 Å². The van der Waals surface area contributed by atoms with Crippen LogP contribution in [0, 0.1) is 0 Å². The quantitative estimate of drug-likeness (QED) is 0.218. The van der Waals surface area contributed by atoms with Crippen LogP contribution in [0.2, 0.25) is 0 Å². The van der Waals surface area contributed by atoms with Crippen molar-refractivity contribution in [2.75, 3.05) is 23.9 Å². The molecule has 11 nitrogen and oxygen atoms in total. The van der Waals surface area contributed by atoms with Gasteiger partial charge in [0.1, 0.15) is 22.4 Å². The second-order valence-corrected chi connectivity index (χ2v) is 10.8. The van der Waals surface area contributed by atoms with Gasteiger partial charge in [-0.3, -0.25) is 4.79 Å². The van der Waals surface area contributed by atoms with Crippen LogP contribution in [-0.4, -0.2) is 56.4 Å². The van der Waals surface area contributed by atoms with Crippen LogP contribution in [0.15, 0.2) is 30.3 Å². The van der Waals surface area contributed by atoms with E-state index in [0.29, 0.717) is 16.4 Å². The van der Waals surface area contributed by atoms with Crippen LogP contribution in [0.4, 0.5) is 24.9 Å². The van der Waals surface area contributed by atoms with Crippen molar-refractivity contribution in [2.45, 2.75) is 58.4 Å². The summed E-state index contributed by atoms with van der Waals surface area (Å²) >= 11 is 1.50. The molecular weight excluding hydrogens is 575 g/mol. The van der Waals surface area contributed by atoms with Gasteiger partial charge in [-0.15, -0.1) is 21.5 Å². The zero-order valence-corrected chi connectivity index (χ0v) is 23.9. The molecule has 0 saturated carbocycles. The molecule has 0 saturated heterocycles. The van der Waals surface area contributed by atoms with Crippen molar-refractivity contribution in [3.05, 3.63) is 52.4 Å². The van der Waals surface area contributed by atoms with Gasteiger partial charge in [0.15, 0.2) is 5.82 Å². The number of hydrogen-bond acceptors (Lipinski definition) is 11. The highest BCUT2D eigenvalue weighted by Crippen LogP contribution is 2.35.